The van der Waals surface area contributed by atoms with Gasteiger partial charge in [-0.05, 0) is 37.0 Å². The number of carboxylic acid groups (broad SMARTS) is 1. The Morgan fingerprint density at radius 1 is 0.969 bits per heavy atom. The summed E-state index contributed by atoms with van der Waals surface area (Å²) in [4.78, 5) is 58.9. The molecule has 0 aromatic heterocycles. The standard InChI is InChI=1S/C21H30N4O7/c1-11(2)18(25-20(31)16(22)8-13-4-6-15(27)7-5-13)21(32)23-12(3)19(30)24-14(10-26)9-17(28)29/h4-7,10-12,14,16,18,27H,8-9,22H2,1-3H3,(H,23,32)(H,24,30)(H,25,31)(H,28,29). The molecule has 0 spiro atoms. The predicted molar refractivity (Wildman–Crippen MR) is 114 cm³/mol. The van der Waals surface area contributed by atoms with Gasteiger partial charge in [-0.3, -0.25) is 19.2 Å². The maximum atomic E-state index is 12.6. The second-order valence-corrected chi connectivity index (χ2v) is 7.79. The highest BCUT2D eigenvalue weighted by atomic mass is 16.4. The van der Waals surface area contributed by atoms with Gasteiger partial charge in [0.05, 0.1) is 18.5 Å². The minimum Gasteiger partial charge on any atom is -0.508 e. The number of aromatic hydroxyl groups is 1. The summed E-state index contributed by atoms with van der Waals surface area (Å²) >= 11 is 0. The van der Waals surface area contributed by atoms with Gasteiger partial charge < -0.3 is 36.7 Å². The van der Waals surface area contributed by atoms with Crippen LogP contribution in [0, 0.1) is 5.92 Å². The molecule has 32 heavy (non-hydrogen) atoms. The summed E-state index contributed by atoms with van der Waals surface area (Å²) < 4.78 is 0. The van der Waals surface area contributed by atoms with E-state index in [4.69, 9.17) is 10.8 Å². The van der Waals surface area contributed by atoms with Gasteiger partial charge in [-0.15, -0.1) is 0 Å². The van der Waals surface area contributed by atoms with Crippen molar-refractivity contribution < 1.29 is 34.2 Å². The Labute approximate surface area is 185 Å². The van der Waals surface area contributed by atoms with Crippen LogP contribution >= 0.6 is 0 Å². The number of carbonyl (C=O) groups excluding carboxylic acids is 4. The summed E-state index contributed by atoms with van der Waals surface area (Å²) in [7, 11) is 0. The molecule has 0 saturated carbocycles. The monoisotopic (exact) mass is 450 g/mol. The molecule has 0 fully saturated rings. The summed E-state index contributed by atoms with van der Waals surface area (Å²) in [5.74, 6) is -3.44. The summed E-state index contributed by atoms with van der Waals surface area (Å²) in [6.07, 6.45) is -0.0965. The number of hydrogen-bond donors (Lipinski definition) is 6. The zero-order valence-corrected chi connectivity index (χ0v) is 18.2. The molecule has 4 atom stereocenters. The van der Waals surface area contributed by atoms with Crippen molar-refractivity contribution in [2.75, 3.05) is 0 Å². The lowest BCUT2D eigenvalue weighted by Gasteiger charge is -2.25. The Morgan fingerprint density at radius 3 is 2.06 bits per heavy atom. The zero-order valence-electron chi connectivity index (χ0n) is 18.2. The Hall–Kier alpha value is -3.47. The third-order valence-electron chi connectivity index (χ3n) is 4.61. The van der Waals surface area contributed by atoms with E-state index in [0.29, 0.717) is 6.29 Å². The number of nitrogens with one attached hydrogen (secondary N) is 3. The normalized spacial score (nSPS) is 14.5. The number of phenols is 1. The molecule has 0 aliphatic carbocycles. The van der Waals surface area contributed by atoms with Gasteiger partial charge in [0.2, 0.25) is 17.7 Å². The minimum atomic E-state index is -1.26. The van der Waals surface area contributed by atoms with Crippen molar-refractivity contribution in [2.24, 2.45) is 11.7 Å². The smallest absolute Gasteiger partial charge is 0.305 e. The lowest BCUT2D eigenvalue weighted by molar-refractivity contribution is -0.139. The van der Waals surface area contributed by atoms with Crippen molar-refractivity contribution in [3.63, 3.8) is 0 Å². The quantitative estimate of drug-likeness (QED) is 0.220. The predicted octanol–water partition coefficient (Wildman–Crippen LogP) is -0.934. The molecule has 7 N–H and O–H groups in total. The number of rotatable bonds is 12. The fourth-order valence-corrected chi connectivity index (χ4v) is 2.77. The van der Waals surface area contributed by atoms with Crippen molar-refractivity contribution >= 4 is 30.0 Å². The number of aliphatic carboxylic acids is 1. The molecule has 1 rings (SSSR count). The highest BCUT2D eigenvalue weighted by molar-refractivity contribution is 5.93. The fourth-order valence-electron chi connectivity index (χ4n) is 2.77. The summed E-state index contributed by atoms with van der Waals surface area (Å²) in [5, 5.41) is 25.3. The SMILES string of the molecule is CC(NC(=O)C(NC(=O)C(N)Cc1ccc(O)cc1)C(C)C)C(=O)NC(C=O)CC(=O)O. The van der Waals surface area contributed by atoms with Crippen LogP contribution in [0.25, 0.3) is 0 Å². The van der Waals surface area contributed by atoms with Crippen LogP contribution in [0.3, 0.4) is 0 Å². The second kappa shape index (κ2) is 12.4. The van der Waals surface area contributed by atoms with Gasteiger partial charge in [0.1, 0.15) is 24.1 Å². The van der Waals surface area contributed by atoms with Crippen LogP contribution < -0.4 is 21.7 Å². The van der Waals surface area contributed by atoms with Crippen molar-refractivity contribution in [3.8, 4) is 5.75 Å². The van der Waals surface area contributed by atoms with Crippen LogP contribution in [-0.4, -0.2) is 64.4 Å². The van der Waals surface area contributed by atoms with Gasteiger partial charge in [-0.25, -0.2) is 0 Å². The number of hydrogen-bond acceptors (Lipinski definition) is 7. The molecule has 176 valence electrons. The lowest BCUT2D eigenvalue weighted by atomic mass is 10.0. The number of benzene rings is 1. The van der Waals surface area contributed by atoms with E-state index in [1.165, 1.54) is 19.1 Å². The van der Waals surface area contributed by atoms with Crippen LogP contribution in [0.15, 0.2) is 24.3 Å². The highest BCUT2D eigenvalue weighted by Crippen LogP contribution is 2.11. The van der Waals surface area contributed by atoms with Crippen LogP contribution in [0.2, 0.25) is 0 Å². The van der Waals surface area contributed by atoms with E-state index in [1.54, 1.807) is 26.0 Å². The van der Waals surface area contributed by atoms with Crippen molar-refractivity contribution in [2.45, 2.75) is 57.8 Å². The van der Waals surface area contributed by atoms with Crippen molar-refractivity contribution in [3.05, 3.63) is 29.8 Å². The Morgan fingerprint density at radius 2 is 1.56 bits per heavy atom. The van der Waals surface area contributed by atoms with Gasteiger partial charge in [0, 0.05) is 0 Å². The minimum absolute atomic E-state index is 0.0869. The van der Waals surface area contributed by atoms with Crippen LogP contribution in [-0.2, 0) is 30.4 Å². The molecule has 11 heteroatoms. The first-order chi connectivity index (χ1) is 14.9. The third-order valence-corrected chi connectivity index (χ3v) is 4.61. The number of carbonyl (C=O) groups is 5. The molecule has 0 radical (unpaired) electrons. The molecule has 3 amide bonds. The van der Waals surface area contributed by atoms with Gasteiger partial charge in [0.25, 0.3) is 0 Å². The summed E-state index contributed by atoms with van der Waals surface area (Å²) in [6.45, 7) is 4.78. The van der Waals surface area contributed by atoms with E-state index >= 15 is 0 Å². The number of nitrogens with two attached hydrogens (primary N) is 1. The first-order valence-corrected chi connectivity index (χ1v) is 10.1. The van der Waals surface area contributed by atoms with Gasteiger partial charge in [-0.2, -0.15) is 0 Å². The maximum Gasteiger partial charge on any atom is 0.305 e. The molecule has 0 bridgehead atoms. The highest BCUT2D eigenvalue weighted by Gasteiger charge is 2.29. The topological polar surface area (TPSA) is 188 Å². The van der Waals surface area contributed by atoms with E-state index < -0.39 is 54.3 Å². The second-order valence-electron chi connectivity index (χ2n) is 7.79. The molecule has 0 saturated heterocycles. The summed E-state index contributed by atoms with van der Waals surface area (Å²) in [5.41, 5.74) is 6.67. The maximum absolute atomic E-state index is 12.6. The molecular formula is C21H30N4O7. The number of aldehydes is 1. The van der Waals surface area contributed by atoms with Crippen LogP contribution in [0.5, 0.6) is 5.75 Å². The fraction of sp³-hybridized carbons (Fsp3) is 0.476. The largest absolute Gasteiger partial charge is 0.508 e. The van der Waals surface area contributed by atoms with Crippen LogP contribution in [0.4, 0.5) is 0 Å². The Balaban J connectivity index is 2.70. The van der Waals surface area contributed by atoms with E-state index in [0.717, 1.165) is 5.56 Å². The number of amides is 3. The van der Waals surface area contributed by atoms with Gasteiger partial charge in [0.15, 0.2) is 0 Å². The lowest BCUT2D eigenvalue weighted by Crippen LogP contribution is -2.57. The van der Waals surface area contributed by atoms with Crippen molar-refractivity contribution in [1.82, 2.24) is 16.0 Å². The third kappa shape index (κ3) is 8.72. The van der Waals surface area contributed by atoms with Crippen molar-refractivity contribution in [1.29, 1.82) is 0 Å². The van der Waals surface area contributed by atoms with E-state index in [1.807, 2.05) is 0 Å². The number of carboxylic acids is 1. The molecule has 0 aliphatic rings. The number of phenolic OH excluding ortho intramolecular Hbond substituents is 1. The van der Waals surface area contributed by atoms with Gasteiger partial charge in [-0.1, -0.05) is 26.0 Å². The zero-order chi connectivity index (χ0) is 24.4. The Kier molecular flexibility index (Phi) is 10.3. The Bertz CT molecular complexity index is 826. The summed E-state index contributed by atoms with van der Waals surface area (Å²) in [6, 6.07) is 1.98. The average molecular weight is 450 g/mol. The van der Waals surface area contributed by atoms with E-state index in [9.17, 15) is 29.1 Å². The molecule has 11 nitrogen and oxygen atoms in total. The first kappa shape index (κ1) is 26.6. The van der Waals surface area contributed by atoms with E-state index in [-0.39, 0.29) is 18.1 Å². The van der Waals surface area contributed by atoms with Gasteiger partial charge >= 0.3 is 5.97 Å². The van der Waals surface area contributed by atoms with E-state index in [2.05, 4.69) is 16.0 Å². The van der Waals surface area contributed by atoms with Crippen LogP contribution in [0.1, 0.15) is 32.8 Å². The average Bonchev–Trinajstić information content (AvgIpc) is 2.71. The molecule has 0 heterocycles. The molecule has 0 aliphatic heterocycles. The molecule has 1 aromatic carbocycles. The molecular weight excluding hydrogens is 420 g/mol. The molecule has 1 aromatic rings. The first-order valence-electron chi connectivity index (χ1n) is 10.1. The molecule has 4 unspecified atom stereocenters.